The SMILES string of the molecule is Cc1ccsc1[C@H]1CC(=O)Nc2cc3c(cc21)OCO3. The molecule has 1 amide bonds. The molecule has 0 saturated carbocycles. The molecule has 1 aromatic heterocycles. The predicted octanol–water partition coefficient (Wildman–Crippen LogP) is 3.26. The zero-order chi connectivity index (χ0) is 13.7. The monoisotopic (exact) mass is 287 g/mol. The summed E-state index contributed by atoms with van der Waals surface area (Å²) in [5.41, 5.74) is 3.18. The minimum Gasteiger partial charge on any atom is -0.454 e. The molecule has 0 spiro atoms. The van der Waals surface area contributed by atoms with Crippen LogP contribution in [0, 0.1) is 6.92 Å². The molecule has 5 heteroatoms. The first-order valence-corrected chi connectivity index (χ1v) is 7.38. The van der Waals surface area contributed by atoms with Gasteiger partial charge in [0.15, 0.2) is 11.5 Å². The molecule has 20 heavy (non-hydrogen) atoms. The third-order valence-corrected chi connectivity index (χ3v) is 4.93. The Morgan fingerprint density at radius 2 is 2.10 bits per heavy atom. The molecule has 102 valence electrons. The Bertz CT molecular complexity index is 707. The zero-order valence-corrected chi connectivity index (χ0v) is 11.8. The number of anilines is 1. The third-order valence-electron chi connectivity index (χ3n) is 3.80. The van der Waals surface area contributed by atoms with Crippen LogP contribution in [0.2, 0.25) is 0 Å². The highest BCUT2D eigenvalue weighted by atomic mass is 32.1. The summed E-state index contributed by atoms with van der Waals surface area (Å²) in [4.78, 5) is 13.2. The molecule has 4 rings (SSSR count). The van der Waals surface area contributed by atoms with Gasteiger partial charge in [0.05, 0.1) is 0 Å². The number of ether oxygens (including phenoxy) is 2. The Hall–Kier alpha value is -2.01. The molecule has 2 aliphatic rings. The topological polar surface area (TPSA) is 47.6 Å². The van der Waals surface area contributed by atoms with Gasteiger partial charge in [-0.15, -0.1) is 11.3 Å². The van der Waals surface area contributed by atoms with E-state index >= 15 is 0 Å². The van der Waals surface area contributed by atoms with Crippen molar-refractivity contribution in [1.82, 2.24) is 0 Å². The first-order chi connectivity index (χ1) is 9.72. The fraction of sp³-hybridized carbons (Fsp3) is 0.267. The van der Waals surface area contributed by atoms with E-state index in [1.807, 2.05) is 12.1 Å². The summed E-state index contributed by atoms with van der Waals surface area (Å²) in [5.74, 6) is 1.62. The lowest BCUT2D eigenvalue weighted by atomic mass is 9.87. The van der Waals surface area contributed by atoms with Gasteiger partial charge in [-0.25, -0.2) is 0 Å². The summed E-state index contributed by atoms with van der Waals surface area (Å²) in [6.07, 6.45) is 0.480. The van der Waals surface area contributed by atoms with Crippen LogP contribution in [-0.2, 0) is 4.79 Å². The number of thiophene rings is 1. The highest BCUT2D eigenvalue weighted by molar-refractivity contribution is 7.10. The number of hydrogen-bond donors (Lipinski definition) is 1. The van der Waals surface area contributed by atoms with Gasteiger partial charge in [-0.1, -0.05) is 0 Å². The van der Waals surface area contributed by atoms with Crippen LogP contribution >= 0.6 is 11.3 Å². The third kappa shape index (κ3) is 1.70. The van der Waals surface area contributed by atoms with Crippen LogP contribution in [0.5, 0.6) is 11.5 Å². The Morgan fingerprint density at radius 3 is 2.85 bits per heavy atom. The van der Waals surface area contributed by atoms with Crippen LogP contribution in [0.1, 0.15) is 28.3 Å². The first-order valence-electron chi connectivity index (χ1n) is 6.50. The molecule has 3 heterocycles. The molecule has 0 aliphatic carbocycles. The van der Waals surface area contributed by atoms with Gasteiger partial charge >= 0.3 is 0 Å². The maximum Gasteiger partial charge on any atom is 0.231 e. The molecule has 0 radical (unpaired) electrons. The molecule has 0 bridgehead atoms. The van der Waals surface area contributed by atoms with Crippen LogP contribution in [0.4, 0.5) is 5.69 Å². The molecule has 0 fully saturated rings. The van der Waals surface area contributed by atoms with Crippen molar-refractivity contribution in [3.8, 4) is 11.5 Å². The smallest absolute Gasteiger partial charge is 0.231 e. The van der Waals surface area contributed by atoms with E-state index in [1.165, 1.54) is 10.4 Å². The van der Waals surface area contributed by atoms with Crippen LogP contribution < -0.4 is 14.8 Å². The number of carbonyl (C=O) groups is 1. The van der Waals surface area contributed by atoms with Crippen LogP contribution in [0.15, 0.2) is 23.6 Å². The lowest BCUT2D eigenvalue weighted by Gasteiger charge is -2.25. The minimum atomic E-state index is 0.0502. The summed E-state index contributed by atoms with van der Waals surface area (Å²) in [6.45, 7) is 2.33. The van der Waals surface area contributed by atoms with Gasteiger partial charge in [0.2, 0.25) is 12.7 Å². The average molecular weight is 287 g/mol. The number of rotatable bonds is 1. The molecule has 1 atom stereocenters. The van der Waals surface area contributed by atoms with Crippen molar-refractivity contribution >= 4 is 22.9 Å². The zero-order valence-electron chi connectivity index (χ0n) is 10.9. The molecule has 1 N–H and O–H groups in total. The number of fused-ring (bicyclic) bond motifs is 2. The molecule has 0 saturated heterocycles. The molecule has 4 nitrogen and oxygen atoms in total. The van der Waals surface area contributed by atoms with Crippen LogP contribution in [0.25, 0.3) is 0 Å². The number of hydrogen-bond acceptors (Lipinski definition) is 4. The minimum absolute atomic E-state index is 0.0502. The molecular formula is C15H13NO3S. The summed E-state index contributed by atoms with van der Waals surface area (Å²) >= 11 is 1.70. The van der Waals surface area contributed by atoms with Crippen molar-refractivity contribution in [2.45, 2.75) is 19.3 Å². The van der Waals surface area contributed by atoms with Gasteiger partial charge in [-0.3, -0.25) is 4.79 Å². The second-order valence-corrected chi connectivity index (χ2v) is 6.01. The van der Waals surface area contributed by atoms with Gasteiger partial charge in [0, 0.05) is 29.0 Å². The van der Waals surface area contributed by atoms with Gasteiger partial charge < -0.3 is 14.8 Å². The van der Waals surface area contributed by atoms with E-state index < -0.39 is 0 Å². The van der Waals surface area contributed by atoms with Crippen LogP contribution in [-0.4, -0.2) is 12.7 Å². The Morgan fingerprint density at radius 1 is 1.30 bits per heavy atom. The number of carbonyl (C=O) groups excluding carboxylic acids is 1. The van der Waals surface area contributed by atoms with E-state index in [1.54, 1.807) is 11.3 Å². The summed E-state index contributed by atoms with van der Waals surface area (Å²) in [5, 5.41) is 5.00. The number of amides is 1. The first kappa shape index (κ1) is 11.8. The fourth-order valence-corrected chi connectivity index (χ4v) is 3.87. The van der Waals surface area contributed by atoms with E-state index in [2.05, 4.69) is 23.7 Å². The number of benzene rings is 1. The maximum atomic E-state index is 12.0. The lowest BCUT2D eigenvalue weighted by Crippen LogP contribution is -2.23. The lowest BCUT2D eigenvalue weighted by molar-refractivity contribution is -0.116. The highest BCUT2D eigenvalue weighted by Gasteiger charge is 2.31. The molecule has 2 aliphatic heterocycles. The Balaban J connectivity index is 1.88. The summed E-state index contributed by atoms with van der Waals surface area (Å²) < 4.78 is 10.8. The van der Waals surface area contributed by atoms with Crippen LogP contribution in [0.3, 0.4) is 0 Å². The van der Waals surface area contributed by atoms with Crippen molar-refractivity contribution < 1.29 is 14.3 Å². The average Bonchev–Trinajstić information content (AvgIpc) is 3.03. The predicted molar refractivity (Wildman–Crippen MR) is 76.7 cm³/mol. The Kier molecular flexibility index (Phi) is 2.50. The summed E-state index contributed by atoms with van der Waals surface area (Å²) in [6, 6.07) is 5.96. The molecule has 2 aromatic rings. The second kappa shape index (κ2) is 4.24. The summed E-state index contributed by atoms with van der Waals surface area (Å²) in [7, 11) is 0. The quantitative estimate of drug-likeness (QED) is 0.875. The van der Waals surface area contributed by atoms with Crippen molar-refractivity contribution in [3.63, 3.8) is 0 Å². The largest absolute Gasteiger partial charge is 0.454 e. The van der Waals surface area contributed by atoms with Crippen molar-refractivity contribution in [2.75, 3.05) is 12.1 Å². The van der Waals surface area contributed by atoms with Crippen molar-refractivity contribution in [3.05, 3.63) is 39.6 Å². The fourth-order valence-electron chi connectivity index (χ4n) is 2.83. The van der Waals surface area contributed by atoms with Crippen molar-refractivity contribution in [2.24, 2.45) is 0 Å². The van der Waals surface area contributed by atoms with E-state index in [-0.39, 0.29) is 18.6 Å². The van der Waals surface area contributed by atoms with E-state index in [4.69, 9.17) is 9.47 Å². The normalized spacial score (nSPS) is 19.6. The number of nitrogens with one attached hydrogen (secondary N) is 1. The highest BCUT2D eigenvalue weighted by Crippen LogP contribution is 2.46. The molecular weight excluding hydrogens is 274 g/mol. The Labute approximate surface area is 120 Å². The van der Waals surface area contributed by atoms with E-state index in [0.29, 0.717) is 12.2 Å². The van der Waals surface area contributed by atoms with E-state index in [0.717, 1.165) is 17.0 Å². The van der Waals surface area contributed by atoms with Gasteiger partial charge in [0.1, 0.15) is 0 Å². The van der Waals surface area contributed by atoms with Gasteiger partial charge in [0.25, 0.3) is 0 Å². The standard InChI is InChI=1S/C15H13NO3S/c1-8-2-3-20-15(8)10-5-14(17)16-11-6-13-12(4-9(10)11)18-7-19-13/h2-4,6,10H,5,7H2,1H3,(H,16,17)/t10-/m0/s1. The molecule has 0 unspecified atom stereocenters. The van der Waals surface area contributed by atoms with Gasteiger partial charge in [-0.05, 0) is 35.6 Å². The van der Waals surface area contributed by atoms with Crippen molar-refractivity contribution in [1.29, 1.82) is 0 Å². The molecule has 1 aromatic carbocycles. The van der Waals surface area contributed by atoms with E-state index in [9.17, 15) is 4.79 Å². The maximum absolute atomic E-state index is 12.0. The second-order valence-electron chi connectivity index (χ2n) is 5.07. The van der Waals surface area contributed by atoms with Gasteiger partial charge in [-0.2, -0.15) is 0 Å². The number of aryl methyl sites for hydroxylation is 1.